The quantitative estimate of drug-likeness (QED) is 0.258. The van der Waals surface area contributed by atoms with Crippen LogP contribution in [0.4, 0.5) is 18.9 Å². The molecule has 4 rings (SSSR count). The molecule has 5 nitrogen and oxygen atoms in total. The van der Waals surface area contributed by atoms with Crippen molar-refractivity contribution in [3.8, 4) is 17.6 Å². The maximum atomic E-state index is 13.0. The van der Waals surface area contributed by atoms with Crippen molar-refractivity contribution in [2.75, 3.05) is 11.9 Å². The van der Waals surface area contributed by atoms with Crippen LogP contribution in [-0.4, -0.2) is 12.5 Å². The van der Waals surface area contributed by atoms with Crippen LogP contribution in [0.15, 0.2) is 54.6 Å². The Balaban J connectivity index is 1.67. The number of alkyl halides is 3. The van der Waals surface area contributed by atoms with E-state index in [1.54, 1.807) is 30.3 Å². The molecule has 1 heterocycles. The van der Waals surface area contributed by atoms with Crippen molar-refractivity contribution in [2.45, 2.75) is 19.7 Å². The summed E-state index contributed by atoms with van der Waals surface area (Å²) in [6.45, 7) is 2.36. The van der Waals surface area contributed by atoms with Gasteiger partial charge in [-0.05, 0) is 71.5 Å². The standard InChI is InChI=1S/C26H18F3IN2O3/c1-2-34-23-11-15(10-21(30)24(23)35-14-17-6-4-3-5-16(17)13-31)9-20-19-8-7-18(26(27,28)29)12-22(19)32-25(20)33/h3-12H,2,14H2,1H3,(H,32,33)/b20-9-. The van der Waals surface area contributed by atoms with Crippen LogP contribution in [0.2, 0.25) is 0 Å². The van der Waals surface area contributed by atoms with Gasteiger partial charge in [-0.25, -0.2) is 0 Å². The van der Waals surface area contributed by atoms with Crippen molar-refractivity contribution in [1.29, 1.82) is 5.26 Å². The lowest BCUT2D eigenvalue weighted by Gasteiger charge is -2.15. The third-order valence-corrected chi connectivity index (χ3v) is 6.08. The zero-order valence-electron chi connectivity index (χ0n) is 18.4. The Kier molecular flexibility index (Phi) is 7.03. The molecule has 9 heteroatoms. The Morgan fingerprint density at radius 3 is 2.60 bits per heavy atom. The van der Waals surface area contributed by atoms with E-state index >= 15 is 0 Å². The summed E-state index contributed by atoms with van der Waals surface area (Å²) in [5, 5.41) is 11.8. The Hall–Kier alpha value is -3.52. The van der Waals surface area contributed by atoms with E-state index in [2.05, 4.69) is 34.0 Å². The van der Waals surface area contributed by atoms with Gasteiger partial charge < -0.3 is 14.8 Å². The smallest absolute Gasteiger partial charge is 0.416 e. The highest BCUT2D eigenvalue weighted by Gasteiger charge is 2.33. The molecule has 0 bridgehead atoms. The van der Waals surface area contributed by atoms with E-state index in [1.807, 2.05) is 19.1 Å². The third kappa shape index (κ3) is 5.27. The van der Waals surface area contributed by atoms with Gasteiger partial charge in [-0.3, -0.25) is 4.79 Å². The SMILES string of the molecule is CCOc1cc(/C=C2\C(=O)Nc3cc(C(F)(F)F)ccc32)cc(I)c1OCc1ccccc1C#N. The minimum Gasteiger partial charge on any atom is -0.490 e. The number of benzene rings is 3. The number of hydrogen-bond donors (Lipinski definition) is 1. The molecule has 0 unspecified atom stereocenters. The van der Waals surface area contributed by atoms with Crippen molar-refractivity contribution in [1.82, 2.24) is 0 Å². The molecule has 1 aliphatic rings. The number of anilines is 1. The molecule has 1 aliphatic heterocycles. The molecule has 0 saturated carbocycles. The third-order valence-electron chi connectivity index (χ3n) is 5.28. The molecule has 1 amide bonds. The second kappa shape index (κ2) is 10.00. The Labute approximate surface area is 213 Å². The average Bonchev–Trinajstić information content (AvgIpc) is 3.12. The second-order valence-electron chi connectivity index (χ2n) is 7.59. The minimum atomic E-state index is -4.50. The van der Waals surface area contributed by atoms with E-state index in [0.29, 0.717) is 38.4 Å². The van der Waals surface area contributed by atoms with Crippen LogP contribution < -0.4 is 14.8 Å². The van der Waals surface area contributed by atoms with Crippen LogP contribution >= 0.6 is 22.6 Å². The van der Waals surface area contributed by atoms with Gasteiger partial charge in [0.15, 0.2) is 11.5 Å². The van der Waals surface area contributed by atoms with Gasteiger partial charge in [0.05, 0.1) is 27.4 Å². The Morgan fingerprint density at radius 1 is 1.11 bits per heavy atom. The number of nitriles is 1. The number of fused-ring (bicyclic) bond motifs is 1. The van der Waals surface area contributed by atoms with Crippen LogP contribution in [0.25, 0.3) is 11.6 Å². The normalized spacial score (nSPS) is 13.8. The number of carbonyl (C=O) groups excluding carboxylic acids is 1. The fraction of sp³-hybridized carbons (Fsp3) is 0.154. The summed E-state index contributed by atoms with van der Waals surface area (Å²) in [5.41, 5.74) is 1.81. The fourth-order valence-corrected chi connectivity index (χ4v) is 4.44. The zero-order chi connectivity index (χ0) is 25.2. The van der Waals surface area contributed by atoms with Gasteiger partial charge in [-0.2, -0.15) is 18.4 Å². The summed E-state index contributed by atoms with van der Waals surface area (Å²) in [5.74, 6) is 0.459. The molecule has 0 aromatic heterocycles. The molecule has 3 aromatic carbocycles. The zero-order valence-corrected chi connectivity index (χ0v) is 20.5. The molecule has 35 heavy (non-hydrogen) atoms. The second-order valence-corrected chi connectivity index (χ2v) is 8.75. The highest BCUT2D eigenvalue weighted by molar-refractivity contribution is 14.1. The van der Waals surface area contributed by atoms with Crippen molar-refractivity contribution in [3.05, 3.63) is 86.0 Å². The van der Waals surface area contributed by atoms with E-state index in [0.717, 1.165) is 17.7 Å². The lowest BCUT2D eigenvalue weighted by Crippen LogP contribution is -2.06. The van der Waals surface area contributed by atoms with Gasteiger partial charge in [0.2, 0.25) is 0 Å². The summed E-state index contributed by atoms with van der Waals surface area (Å²) < 4.78 is 51.6. The average molecular weight is 590 g/mol. The number of halogens is 4. The summed E-state index contributed by atoms with van der Waals surface area (Å²) >= 11 is 2.09. The highest BCUT2D eigenvalue weighted by Crippen LogP contribution is 2.40. The summed E-state index contributed by atoms with van der Waals surface area (Å²) in [6, 6.07) is 15.9. The van der Waals surface area contributed by atoms with E-state index in [-0.39, 0.29) is 17.9 Å². The number of carbonyl (C=O) groups is 1. The summed E-state index contributed by atoms with van der Waals surface area (Å²) in [7, 11) is 0. The van der Waals surface area contributed by atoms with Gasteiger partial charge in [0.25, 0.3) is 5.91 Å². The van der Waals surface area contributed by atoms with Gasteiger partial charge >= 0.3 is 6.18 Å². The first-order valence-electron chi connectivity index (χ1n) is 10.5. The molecular weight excluding hydrogens is 572 g/mol. The number of rotatable bonds is 6. The van der Waals surface area contributed by atoms with Gasteiger partial charge in [0.1, 0.15) is 6.61 Å². The molecule has 178 valence electrons. The monoisotopic (exact) mass is 590 g/mol. The first kappa shape index (κ1) is 24.6. The Morgan fingerprint density at radius 2 is 1.89 bits per heavy atom. The molecular formula is C26H18F3IN2O3. The molecule has 0 atom stereocenters. The molecule has 0 fully saturated rings. The summed E-state index contributed by atoms with van der Waals surface area (Å²) in [6.07, 6.45) is -2.90. The summed E-state index contributed by atoms with van der Waals surface area (Å²) in [4.78, 5) is 12.5. The molecule has 3 aromatic rings. The number of hydrogen-bond acceptors (Lipinski definition) is 4. The van der Waals surface area contributed by atoms with Crippen LogP contribution in [0.5, 0.6) is 11.5 Å². The van der Waals surface area contributed by atoms with Crippen molar-refractivity contribution < 1.29 is 27.4 Å². The predicted octanol–water partition coefficient (Wildman–Crippen LogP) is 6.65. The van der Waals surface area contributed by atoms with Gasteiger partial charge in [-0.1, -0.05) is 24.3 Å². The lowest BCUT2D eigenvalue weighted by molar-refractivity contribution is -0.137. The van der Waals surface area contributed by atoms with Gasteiger partial charge in [0, 0.05) is 22.4 Å². The molecule has 0 saturated heterocycles. The largest absolute Gasteiger partial charge is 0.490 e. The van der Waals surface area contributed by atoms with Gasteiger partial charge in [-0.15, -0.1) is 0 Å². The minimum absolute atomic E-state index is 0.118. The maximum Gasteiger partial charge on any atom is 0.416 e. The number of amides is 1. The first-order chi connectivity index (χ1) is 16.7. The van der Waals surface area contributed by atoms with E-state index in [4.69, 9.17) is 9.47 Å². The predicted molar refractivity (Wildman–Crippen MR) is 134 cm³/mol. The molecule has 0 aliphatic carbocycles. The van der Waals surface area contributed by atoms with Crippen LogP contribution in [0.3, 0.4) is 0 Å². The topological polar surface area (TPSA) is 71.3 Å². The van der Waals surface area contributed by atoms with Crippen molar-refractivity contribution >= 4 is 45.8 Å². The first-order valence-corrected chi connectivity index (χ1v) is 11.6. The Bertz CT molecular complexity index is 1380. The van der Waals surface area contributed by atoms with Crippen LogP contribution in [0, 0.1) is 14.9 Å². The van der Waals surface area contributed by atoms with Crippen molar-refractivity contribution in [3.63, 3.8) is 0 Å². The number of ether oxygens (including phenoxy) is 2. The van der Waals surface area contributed by atoms with E-state index in [9.17, 15) is 23.2 Å². The molecule has 0 spiro atoms. The van der Waals surface area contributed by atoms with E-state index in [1.165, 1.54) is 6.07 Å². The molecule has 0 radical (unpaired) electrons. The highest BCUT2D eigenvalue weighted by atomic mass is 127. The number of nitrogens with one attached hydrogen (secondary N) is 1. The van der Waals surface area contributed by atoms with E-state index < -0.39 is 17.6 Å². The number of nitrogens with zero attached hydrogens (tertiary/aromatic N) is 1. The fourth-order valence-electron chi connectivity index (χ4n) is 3.66. The van der Waals surface area contributed by atoms with Crippen molar-refractivity contribution in [2.24, 2.45) is 0 Å². The molecule has 1 N–H and O–H groups in total. The van der Waals surface area contributed by atoms with Crippen LogP contribution in [-0.2, 0) is 17.6 Å². The maximum absolute atomic E-state index is 13.0. The lowest BCUT2D eigenvalue weighted by atomic mass is 10.0. The van der Waals surface area contributed by atoms with Crippen LogP contribution in [0.1, 0.15) is 34.7 Å².